The van der Waals surface area contributed by atoms with Crippen LogP contribution < -0.4 is 5.32 Å². The van der Waals surface area contributed by atoms with E-state index in [9.17, 15) is 5.11 Å². The molecule has 1 saturated heterocycles. The summed E-state index contributed by atoms with van der Waals surface area (Å²) in [5.74, 6) is 0.225. The van der Waals surface area contributed by atoms with Gasteiger partial charge >= 0.3 is 0 Å². The molecule has 3 rings (SSSR count). The van der Waals surface area contributed by atoms with E-state index in [0.717, 1.165) is 37.1 Å². The number of nitrogens with zero attached hydrogens (tertiary/aromatic N) is 1. The van der Waals surface area contributed by atoms with E-state index in [4.69, 9.17) is 4.74 Å². The molecular formula is C14H16N2O2. The number of hydrogen-bond donors (Lipinski definition) is 2. The van der Waals surface area contributed by atoms with Crippen LogP contribution in [-0.2, 0) is 4.74 Å². The number of aromatic nitrogens is 1. The molecule has 1 fully saturated rings. The zero-order valence-corrected chi connectivity index (χ0v) is 10.1. The van der Waals surface area contributed by atoms with Gasteiger partial charge < -0.3 is 15.2 Å². The lowest BCUT2D eigenvalue weighted by Gasteiger charge is -2.15. The lowest BCUT2D eigenvalue weighted by atomic mass is 10.1. The first-order valence-electron chi connectivity index (χ1n) is 6.24. The molecule has 1 atom stereocenters. The Labute approximate surface area is 106 Å². The van der Waals surface area contributed by atoms with Crippen molar-refractivity contribution in [3.8, 4) is 5.75 Å². The third-order valence-corrected chi connectivity index (χ3v) is 3.26. The average Bonchev–Trinajstić information content (AvgIpc) is 2.67. The lowest BCUT2D eigenvalue weighted by Crippen LogP contribution is -2.16. The fourth-order valence-electron chi connectivity index (χ4n) is 2.32. The van der Waals surface area contributed by atoms with Crippen LogP contribution >= 0.6 is 0 Å². The standard InChI is InChI=1S/C14H16N2O2/c17-12-3-1-2-10-8-11(9-16-14(10)12)13-4-5-15-6-7-18-13/h1-3,8-9,13,15,17H,4-7H2. The van der Waals surface area contributed by atoms with E-state index in [1.165, 1.54) is 0 Å². The number of aromatic hydroxyl groups is 1. The molecule has 1 unspecified atom stereocenters. The Hall–Kier alpha value is -1.65. The van der Waals surface area contributed by atoms with Gasteiger partial charge in [-0.3, -0.25) is 4.98 Å². The summed E-state index contributed by atoms with van der Waals surface area (Å²) in [6, 6.07) is 7.50. The van der Waals surface area contributed by atoms with Crippen LogP contribution in [0.4, 0.5) is 0 Å². The number of nitrogens with one attached hydrogen (secondary N) is 1. The Morgan fingerprint density at radius 3 is 3.22 bits per heavy atom. The number of benzene rings is 1. The van der Waals surface area contributed by atoms with E-state index in [-0.39, 0.29) is 11.9 Å². The minimum absolute atomic E-state index is 0.0965. The Balaban J connectivity index is 1.97. The monoisotopic (exact) mass is 244 g/mol. The minimum atomic E-state index is 0.0965. The molecule has 0 saturated carbocycles. The first-order valence-corrected chi connectivity index (χ1v) is 6.24. The van der Waals surface area contributed by atoms with Crippen molar-refractivity contribution in [2.45, 2.75) is 12.5 Å². The summed E-state index contributed by atoms with van der Waals surface area (Å²) in [6.07, 6.45) is 2.85. The van der Waals surface area contributed by atoms with E-state index in [1.807, 2.05) is 12.1 Å². The highest BCUT2D eigenvalue weighted by molar-refractivity contribution is 5.84. The summed E-state index contributed by atoms with van der Waals surface area (Å²) in [5.41, 5.74) is 1.73. The topological polar surface area (TPSA) is 54.4 Å². The second-order valence-electron chi connectivity index (χ2n) is 4.52. The highest BCUT2D eigenvalue weighted by Crippen LogP contribution is 2.27. The molecule has 0 bridgehead atoms. The van der Waals surface area contributed by atoms with Crippen LogP contribution in [0, 0.1) is 0 Å². The van der Waals surface area contributed by atoms with Crippen molar-refractivity contribution in [2.75, 3.05) is 19.7 Å². The fourth-order valence-corrected chi connectivity index (χ4v) is 2.32. The van der Waals surface area contributed by atoms with Gasteiger partial charge in [0.15, 0.2) is 0 Å². The number of fused-ring (bicyclic) bond motifs is 1. The summed E-state index contributed by atoms with van der Waals surface area (Å²) in [7, 11) is 0. The number of ether oxygens (including phenoxy) is 1. The Bertz CT molecular complexity index is 548. The van der Waals surface area contributed by atoms with Crippen molar-refractivity contribution >= 4 is 10.9 Å². The third-order valence-electron chi connectivity index (χ3n) is 3.26. The highest BCUT2D eigenvalue weighted by Gasteiger charge is 2.15. The summed E-state index contributed by atoms with van der Waals surface area (Å²) in [6.45, 7) is 2.59. The van der Waals surface area contributed by atoms with Crippen molar-refractivity contribution in [1.29, 1.82) is 0 Å². The zero-order valence-electron chi connectivity index (χ0n) is 10.1. The molecule has 2 heterocycles. The number of phenols is 1. The van der Waals surface area contributed by atoms with Gasteiger partial charge in [-0.2, -0.15) is 0 Å². The number of hydrogen-bond acceptors (Lipinski definition) is 4. The first-order chi connectivity index (χ1) is 8.84. The quantitative estimate of drug-likeness (QED) is 0.805. The molecule has 1 aliphatic rings. The normalized spacial score (nSPS) is 20.8. The summed E-state index contributed by atoms with van der Waals surface area (Å²) >= 11 is 0. The third kappa shape index (κ3) is 2.17. The highest BCUT2D eigenvalue weighted by atomic mass is 16.5. The molecule has 94 valence electrons. The molecule has 2 aromatic rings. The molecule has 0 aliphatic carbocycles. The molecule has 4 nitrogen and oxygen atoms in total. The molecule has 0 radical (unpaired) electrons. The van der Waals surface area contributed by atoms with Gasteiger partial charge in [0.05, 0.1) is 12.7 Å². The van der Waals surface area contributed by atoms with Crippen molar-refractivity contribution in [1.82, 2.24) is 10.3 Å². The van der Waals surface area contributed by atoms with Gasteiger partial charge in [-0.1, -0.05) is 12.1 Å². The number of para-hydroxylation sites is 1. The molecule has 0 amide bonds. The van der Waals surface area contributed by atoms with Crippen LogP contribution in [0.5, 0.6) is 5.75 Å². The molecule has 1 aromatic heterocycles. The van der Waals surface area contributed by atoms with Gasteiger partial charge in [-0.25, -0.2) is 0 Å². The fraction of sp³-hybridized carbons (Fsp3) is 0.357. The van der Waals surface area contributed by atoms with Gasteiger partial charge in [-0.05, 0) is 30.7 Å². The molecule has 1 aliphatic heterocycles. The number of rotatable bonds is 1. The first kappa shape index (κ1) is 11.4. The van der Waals surface area contributed by atoms with Crippen molar-refractivity contribution < 1.29 is 9.84 Å². The van der Waals surface area contributed by atoms with E-state index in [1.54, 1.807) is 12.3 Å². The van der Waals surface area contributed by atoms with Crippen molar-refractivity contribution in [3.05, 3.63) is 36.0 Å². The Morgan fingerprint density at radius 1 is 1.33 bits per heavy atom. The van der Waals surface area contributed by atoms with Crippen LogP contribution in [0.1, 0.15) is 18.1 Å². The van der Waals surface area contributed by atoms with Crippen LogP contribution in [0.3, 0.4) is 0 Å². The van der Waals surface area contributed by atoms with Gasteiger partial charge in [0.25, 0.3) is 0 Å². The molecule has 18 heavy (non-hydrogen) atoms. The Morgan fingerprint density at radius 2 is 2.28 bits per heavy atom. The second kappa shape index (κ2) is 4.92. The number of pyridine rings is 1. The predicted octanol–water partition coefficient (Wildman–Crippen LogP) is 1.99. The molecule has 0 spiro atoms. The molecule has 1 aromatic carbocycles. The number of phenolic OH excluding ortho intramolecular Hbond substituents is 1. The minimum Gasteiger partial charge on any atom is -0.506 e. The Kier molecular flexibility index (Phi) is 3.13. The van der Waals surface area contributed by atoms with Gasteiger partial charge in [0.2, 0.25) is 0 Å². The van der Waals surface area contributed by atoms with Crippen molar-refractivity contribution in [3.63, 3.8) is 0 Å². The van der Waals surface area contributed by atoms with E-state index < -0.39 is 0 Å². The van der Waals surface area contributed by atoms with E-state index in [0.29, 0.717) is 5.52 Å². The lowest BCUT2D eigenvalue weighted by molar-refractivity contribution is 0.0643. The summed E-state index contributed by atoms with van der Waals surface area (Å²) in [4.78, 5) is 4.34. The van der Waals surface area contributed by atoms with Crippen LogP contribution in [0.2, 0.25) is 0 Å². The van der Waals surface area contributed by atoms with Gasteiger partial charge in [0, 0.05) is 18.1 Å². The average molecular weight is 244 g/mol. The second-order valence-corrected chi connectivity index (χ2v) is 4.52. The maximum Gasteiger partial charge on any atom is 0.141 e. The zero-order chi connectivity index (χ0) is 12.4. The van der Waals surface area contributed by atoms with E-state index >= 15 is 0 Å². The predicted molar refractivity (Wildman–Crippen MR) is 69.6 cm³/mol. The maximum absolute atomic E-state index is 9.71. The molecule has 4 heteroatoms. The van der Waals surface area contributed by atoms with Crippen molar-refractivity contribution in [2.24, 2.45) is 0 Å². The van der Waals surface area contributed by atoms with Crippen LogP contribution in [0.25, 0.3) is 10.9 Å². The van der Waals surface area contributed by atoms with Gasteiger partial charge in [0.1, 0.15) is 11.3 Å². The SMILES string of the molecule is Oc1cccc2cc(C3CCNCCO3)cnc12. The largest absolute Gasteiger partial charge is 0.506 e. The van der Waals surface area contributed by atoms with Crippen LogP contribution in [-0.4, -0.2) is 29.8 Å². The summed E-state index contributed by atoms with van der Waals surface area (Å²) in [5, 5.41) is 14.0. The smallest absolute Gasteiger partial charge is 0.141 e. The maximum atomic E-state index is 9.71. The molecular weight excluding hydrogens is 228 g/mol. The van der Waals surface area contributed by atoms with E-state index in [2.05, 4.69) is 16.4 Å². The van der Waals surface area contributed by atoms with Gasteiger partial charge in [-0.15, -0.1) is 0 Å². The summed E-state index contributed by atoms with van der Waals surface area (Å²) < 4.78 is 5.80. The molecule has 2 N–H and O–H groups in total. The van der Waals surface area contributed by atoms with Crippen LogP contribution in [0.15, 0.2) is 30.5 Å².